The third-order valence-corrected chi connectivity index (χ3v) is 3.46. The second kappa shape index (κ2) is 6.69. The van der Waals surface area contributed by atoms with E-state index in [1.807, 2.05) is 0 Å². The zero-order chi connectivity index (χ0) is 16.3. The Labute approximate surface area is 126 Å². The monoisotopic (exact) mass is 313 g/mol. The summed E-state index contributed by atoms with van der Waals surface area (Å²) >= 11 is 0. The molecule has 1 unspecified atom stereocenters. The van der Waals surface area contributed by atoms with E-state index in [2.05, 4.69) is 5.32 Å². The highest BCUT2D eigenvalue weighted by atomic mass is 19.2. The third kappa shape index (κ3) is 3.70. The fraction of sp³-hybridized carbons (Fsp3) is 0.429. The molecule has 1 aliphatic rings. The molecule has 0 bridgehead atoms. The second-order valence-electron chi connectivity index (χ2n) is 5.21. The van der Waals surface area contributed by atoms with E-state index in [-0.39, 0.29) is 13.1 Å². The Balaban J connectivity index is 1.94. The molecule has 1 saturated heterocycles. The number of hydrogen-bond acceptors (Lipinski definition) is 3. The van der Waals surface area contributed by atoms with Crippen LogP contribution in [-0.2, 0) is 11.3 Å². The van der Waals surface area contributed by atoms with Crippen molar-refractivity contribution in [3.8, 4) is 0 Å². The molecule has 3 amide bonds. The van der Waals surface area contributed by atoms with Gasteiger partial charge in [-0.05, 0) is 30.5 Å². The van der Waals surface area contributed by atoms with Crippen molar-refractivity contribution < 1.29 is 23.6 Å². The number of piperidine rings is 1. The van der Waals surface area contributed by atoms with Crippen molar-refractivity contribution in [1.29, 1.82) is 0 Å². The lowest BCUT2D eigenvalue weighted by molar-refractivity contribution is -0.172. The van der Waals surface area contributed by atoms with Gasteiger partial charge in [0.25, 0.3) is 5.91 Å². The fourth-order valence-electron chi connectivity index (χ4n) is 2.24. The van der Waals surface area contributed by atoms with Crippen LogP contribution in [0.4, 0.5) is 13.6 Å². The average Bonchev–Trinajstić information content (AvgIpc) is 2.47. The standard InChI is InChI=1S/C14H17F2N3O3/c1-18(8-9-4-5-10(15)11(16)7-9)14(21)17-12-3-2-6-19(22)13(12)20/h4-5,7,12,22H,2-3,6,8H2,1H3,(H,17,21). The number of halogens is 2. The van der Waals surface area contributed by atoms with Crippen LogP contribution in [0.5, 0.6) is 0 Å². The maximum atomic E-state index is 13.1. The molecule has 1 atom stereocenters. The van der Waals surface area contributed by atoms with E-state index in [0.29, 0.717) is 23.5 Å². The van der Waals surface area contributed by atoms with Gasteiger partial charge in [0, 0.05) is 20.1 Å². The molecule has 0 spiro atoms. The van der Waals surface area contributed by atoms with Crippen molar-refractivity contribution >= 4 is 11.9 Å². The molecule has 1 aromatic carbocycles. The van der Waals surface area contributed by atoms with E-state index in [9.17, 15) is 23.6 Å². The molecule has 0 saturated carbocycles. The average molecular weight is 313 g/mol. The molecule has 22 heavy (non-hydrogen) atoms. The summed E-state index contributed by atoms with van der Waals surface area (Å²) in [6.45, 7) is 0.308. The Bertz CT molecular complexity index is 582. The number of nitrogens with one attached hydrogen (secondary N) is 1. The van der Waals surface area contributed by atoms with Crippen molar-refractivity contribution in [1.82, 2.24) is 15.3 Å². The SMILES string of the molecule is CN(Cc1ccc(F)c(F)c1)C(=O)NC1CCCN(O)C1=O. The molecule has 1 aliphatic heterocycles. The van der Waals surface area contributed by atoms with Gasteiger partial charge >= 0.3 is 6.03 Å². The maximum Gasteiger partial charge on any atom is 0.318 e. The number of carbonyl (C=O) groups excluding carboxylic acids is 2. The van der Waals surface area contributed by atoms with E-state index < -0.39 is 29.6 Å². The van der Waals surface area contributed by atoms with Crippen molar-refractivity contribution in [3.63, 3.8) is 0 Å². The highest BCUT2D eigenvalue weighted by Gasteiger charge is 2.29. The van der Waals surface area contributed by atoms with Gasteiger partial charge in [0.1, 0.15) is 6.04 Å². The summed E-state index contributed by atoms with van der Waals surface area (Å²) in [5.74, 6) is -2.49. The number of nitrogens with zero attached hydrogens (tertiary/aromatic N) is 2. The summed E-state index contributed by atoms with van der Waals surface area (Å²) < 4.78 is 26.0. The van der Waals surface area contributed by atoms with Crippen LogP contribution in [0.3, 0.4) is 0 Å². The lowest BCUT2D eigenvalue weighted by Crippen LogP contribution is -2.53. The van der Waals surface area contributed by atoms with Gasteiger partial charge in [-0.15, -0.1) is 0 Å². The van der Waals surface area contributed by atoms with Gasteiger partial charge in [-0.25, -0.2) is 18.6 Å². The quantitative estimate of drug-likeness (QED) is 0.830. The molecule has 0 aromatic heterocycles. The van der Waals surface area contributed by atoms with E-state index in [1.54, 1.807) is 0 Å². The van der Waals surface area contributed by atoms with E-state index in [1.165, 1.54) is 18.0 Å². The zero-order valence-electron chi connectivity index (χ0n) is 12.1. The van der Waals surface area contributed by atoms with Gasteiger partial charge in [0.05, 0.1) is 0 Å². The van der Waals surface area contributed by atoms with Gasteiger partial charge in [0.2, 0.25) is 0 Å². The van der Waals surface area contributed by atoms with Crippen LogP contribution >= 0.6 is 0 Å². The van der Waals surface area contributed by atoms with Gasteiger partial charge in [-0.2, -0.15) is 0 Å². The topological polar surface area (TPSA) is 72.9 Å². The van der Waals surface area contributed by atoms with Gasteiger partial charge in [0.15, 0.2) is 11.6 Å². The van der Waals surface area contributed by atoms with Gasteiger partial charge in [-0.3, -0.25) is 10.0 Å². The largest absolute Gasteiger partial charge is 0.326 e. The lowest BCUT2D eigenvalue weighted by atomic mass is 10.1. The molecule has 1 aromatic rings. The summed E-state index contributed by atoms with van der Waals surface area (Å²) in [5.41, 5.74) is 0.426. The lowest BCUT2D eigenvalue weighted by Gasteiger charge is -2.29. The molecule has 6 nitrogen and oxygen atoms in total. The van der Waals surface area contributed by atoms with Crippen LogP contribution in [0.15, 0.2) is 18.2 Å². The maximum absolute atomic E-state index is 13.1. The predicted octanol–water partition coefficient (Wildman–Crippen LogP) is 1.49. The first-order valence-corrected chi connectivity index (χ1v) is 6.84. The minimum absolute atomic E-state index is 0.0623. The Kier molecular flexibility index (Phi) is 4.92. The molecule has 2 N–H and O–H groups in total. The van der Waals surface area contributed by atoms with Crippen LogP contribution in [0.1, 0.15) is 18.4 Å². The first-order valence-electron chi connectivity index (χ1n) is 6.84. The van der Waals surface area contributed by atoms with Crippen molar-refractivity contribution in [2.75, 3.05) is 13.6 Å². The number of carbonyl (C=O) groups is 2. The van der Waals surface area contributed by atoms with Crippen LogP contribution in [0, 0.1) is 11.6 Å². The number of rotatable bonds is 3. The van der Waals surface area contributed by atoms with Crippen LogP contribution in [0.25, 0.3) is 0 Å². The Morgan fingerprint density at radius 1 is 1.45 bits per heavy atom. The van der Waals surface area contributed by atoms with Crippen LogP contribution in [0.2, 0.25) is 0 Å². The molecule has 1 fully saturated rings. The molecule has 2 rings (SSSR count). The molecule has 8 heteroatoms. The van der Waals surface area contributed by atoms with Gasteiger partial charge < -0.3 is 10.2 Å². The number of hydrogen-bond donors (Lipinski definition) is 2. The fourth-order valence-corrected chi connectivity index (χ4v) is 2.24. The third-order valence-electron chi connectivity index (χ3n) is 3.46. The number of urea groups is 1. The first kappa shape index (κ1) is 16.2. The van der Waals surface area contributed by atoms with Gasteiger partial charge in [-0.1, -0.05) is 6.07 Å². The summed E-state index contributed by atoms with van der Waals surface area (Å²) in [7, 11) is 1.47. The number of amides is 3. The minimum atomic E-state index is -0.982. The molecular weight excluding hydrogens is 296 g/mol. The second-order valence-corrected chi connectivity index (χ2v) is 5.21. The van der Waals surface area contributed by atoms with Crippen molar-refractivity contribution in [2.24, 2.45) is 0 Å². The highest BCUT2D eigenvalue weighted by molar-refractivity contribution is 5.86. The summed E-state index contributed by atoms with van der Waals surface area (Å²) in [5, 5.41) is 12.4. The first-order chi connectivity index (χ1) is 10.4. The van der Waals surface area contributed by atoms with E-state index >= 15 is 0 Å². The predicted molar refractivity (Wildman–Crippen MR) is 72.9 cm³/mol. The van der Waals surface area contributed by atoms with Crippen molar-refractivity contribution in [3.05, 3.63) is 35.4 Å². The minimum Gasteiger partial charge on any atom is -0.326 e. The van der Waals surface area contributed by atoms with E-state index in [0.717, 1.165) is 12.1 Å². The van der Waals surface area contributed by atoms with Crippen LogP contribution in [-0.4, -0.2) is 46.7 Å². The molecular formula is C14H17F2N3O3. The van der Waals surface area contributed by atoms with E-state index in [4.69, 9.17) is 0 Å². The molecule has 1 heterocycles. The Hall–Kier alpha value is -2.22. The van der Waals surface area contributed by atoms with Crippen LogP contribution < -0.4 is 5.32 Å². The summed E-state index contributed by atoms with van der Waals surface area (Å²) in [6.07, 6.45) is 1.03. The highest BCUT2D eigenvalue weighted by Crippen LogP contribution is 2.12. The molecule has 0 aliphatic carbocycles. The smallest absolute Gasteiger partial charge is 0.318 e. The number of hydroxylamine groups is 2. The molecule has 0 radical (unpaired) electrons. The number of benzene rings is 1. The summed E-state index contributed by atoms with van der Waals surface area (Å²) in [6, 6.07) is 2.08. The zero-order valence-corrected chi connectivity index (χ0v) is 12.1. The normalized spacial score (nSPS) is 18.3. The summed E-state index contributed by atoms with van der Waals surface area (Å²) in [4.78, 5) is 24.9. The Morgan fingerprint density at radius 3 is 2.86 bits per heavy atom. The van der Waals surface area contributed by atoms with Crippen molar-refractivity contribution in [2.45, 2.75) is 25.4 Å². The molecule has 120 valence electrons. The Morgan fingerprint density at radius 2 is 2.18 bits per heavy atom.